The lowest BCUT2D eigenvalue weighted by molar-refractivity contribution is 0.102. The van der Waals surface area contributed by atoms with Crippen molar-refractivity contribution >= 4 is 45.3 Å². The fourth-order valence-electron chi connectivity index (χ4n) is 2.42. The van der Waals surface area contributed by atoms with Crippen LogP contribution in [0.15, 0.2) is 71.4 Å². The fourth-order valence-corrected chi connectivity index (χ4v) is 2.78. The van der Waals surface area contributed by atoms with Gasteiger partial charge in [-0.3, -0.25) is 9.78 Å². The molecule has 0 aliphatic rings. The number of nitrogens with zero attached hydrogens (tertiary/aromatic N) is 2. The van der Waals surface area contributed by atoms with Crippen molar-refractivity contribution in [1.82, 2.24) is 9.97 Å². The topological polar surface area (TPSA) is 68.0 Å². The van der Waals surface area contributed by atoms with Gasteiger partial charge in [-0.15, -0.1) is 0 Å². The first-order chi connectivity index (χ1) is 12.2. The van der Waals surface area contributed by atoms with Crippen LogP contribution < -0.4 is 5.32 Å². The maximum Gasteiger partial charge on any atom is 0.257 e. The quantitative estimate of drug-likeness (QED) is 0.466. The zero-order valence-corrected chi connectivity index (χ0v) is 15.1. The molecule has 0 atom stereocenters. The van der Waals surface area contributed by atoms with E-state index in [1.54, 1.807) is 36.5 Å². The van der Waals surface area contributed by atoms with Crippen molar-refractivity contribution in [3.8, 4) is 11.5 Å². The van der Waals surface area contributed by atoms with Crippen LogP contribution in [-0.4, -0.2) is 15.9 Å². The Morgan fingerprint density at radius 1 is 1.08 bits per heavy atom. The normalized spacial score (nSPS) is 10.8. The van der Waals surface area contributed by atoms with Gasteiger partial charge in [-0.1, -0.05) is 0 Å². The van der Waals surface area contributed by atoms with Gasteiger partial charge in [-0.05, 0) is 77.2 Å². The summed E-state index contributed by atoms with van der Waals surface area (Å²) in [5.41, 5.74) is 3.44. The van der Waals surface area contributed by atoms with E-state index >= 15 is 0 Å². The van der Waals surface area contributed by atoms with E-state index in [-0.39, 0.29) is 5.91 Å². The highest BCUT2D eigenvalue weighted by Crippen LogP contribution is 2.26. The second kappa shape index (κ2) is 6.64. The molecule has 0 saturated heterocycles. The molecule has 0 spiro atoms. The summed E-state index contributed by atoms with van der Waals surface area (Å²) < 4.78 is 6.95. The minimum absolute atomic E-state index is 0.214. The molecule has 5 nitrogen and oxygen atoms in total. The predicted molar refractivity (Wildman–Crippen MR) is 104 cm³/mol. The van der Waals surface area contributed by atoms with E-state index < -0.39 is 0 Å². The minimum Gasteiger partial charge on any atom is -0.436 e. The molecule has 4 aromatic rings. The number of hydrogen-bond acceptors (Lipinski definition) is 4. The maximum atomic E-state index is 12.2. The van der Waals surface area contributed by atoms with Gasteiger partial charge in [0.1, 0.15) is 5.52 Å². The van der Waals surface area contributed by atoms with Crippen molar-refractivity contribution < 1.29 is 9.21 Å². The molecule has 0 aliphatic carbocycles. The highest BCUT2D eigenvalue weighted by atomic mass is 127. The Hall–Kier alpha value is -2.74. The molecular weight excluding hydrogens is 429 g/mol. The van der Waals surface area contributed by atoms with Crippen LogP contribution in [0.25, 0.3) is 22.6 Å². The standard InChI is InChI=1S/C19H12IN3O2/c20-14-5-3-12(4-6-14)19-23-16-10-15(7-8-17(16)25-19)22-18(24)13-2-1-9-21-11-13/h1-11H,(H,22,24). The molecule has 0 unspecified atom stereocenters. The second-order valence-corrected chi connectivity index (χ2v) is 6.65. The molecule has 0 saturated carbocycles. The molecule has 6 heteroatoms. The van der Waals surface area contributed by atoms with Crippen LogP contribution in [0.1, 0.15) is 10.4 Å². The number of hydrogen-bond donors (Lipinski definition) is 1. The Morgan fingerprint density at radius 3 is 2.68 bits per heavy atom. The molecule has 0 radical (unpaired) electrons. The van der Waals surface area contributed by atoms with Crippen molar-refractivity contribution in [1.29, 1.82) is 0 Å². The molecule has 122 valence electrons. The van der Waals surface area contributed by atoms with Crippen molar-refractivity contribution in [2.45, 2.75) is 0 Å². The molecule has 0 bridgehead atoms. The summed E-state index contributed by atoms with van der Waals surface area (Å²) >= 11 is 2.25. The van der Waals surface area contributed by atoms with Crippen LogP contribution in [0.3, 0.4) is 0 Å². The number of amides is 1. The lowest BCUT2D eigenvalue weighted by Crippen LogP contribution is -2.11. The average molecular weight is 441 g/mol. The van der Waals surface area contributed by atoms with E-state index in [1.165, 1.54) is 6.20 Å². The summed E-state index contributed by atoms with van der Waals surface area (Å²) in [6.07, 6.45) is 3.16. The van der Waals surface area contributed by atoms with Crippen LogP contribution >= 0.6 is 22.6 Å². The van der Waals surface area contributed by atoms with Gasteiger partial charge in [0.15, 0.2) is 5.58 Å². The van der Waals surface area contributed by atoms with Crippen molar-refractivity contribution in [3.05, 3.63) is 76.1 Å². The number of aromatic nitrogens is 2. The molecule has 4 rings (SSSR count). The first-order valence-electron chi connectivity index (χ1n) is 7.57. The van der Waals surface area contributed by atoms with Crippen LogP contribution in [-0.2, 0) is 0 Å². The molecule has 2 heterocycles. The number of oxazole rings is 1. The number of pyridine rings is 1. The summed E-state index contributed by atoms with van der Waals surface area (Å²) in [5, 5.41) is 2.85. The van der Waals surface area contributed by atoms with Gasteiger partial charge < -0.3 is 9.73 Å². The van der Waals surface area contributed by atoms with Crippen LogP contribution in [0.5, 0.6) is 0 Å². The number of fused-ring (bicyclic) bond motifs is 1. The maximum absolute atomic E-state index is 12.2. The monoisotopic (exact) mass is 441 g/mol. The number of halogens is 1. The van der Waals surface area contributed by atoms with E-state index in [9.17, 15) is 4.79 Å². The first kappa shape index (κ1) is 15.8. The molecule has 2 aromatic heterocycles. The lowest BCUT2D eigenvalue weighted by atomic mass is 10.2. The first-order valence-corrected chi connectivity index (χ1v) is 8.65. The smallest absolute Gasteiger partial charge is 0.257 e. The van der Waals surface area contributed by atoms with E-state index in [4.69, 9.17) is 4.42 Å². The molecule has 0 aliphatic heterocycles. The molecule has 1 N–H and O–H groups in total. The van der Waals surface area contributed by atoms with E-state index in [0.29, 0.717) is 28.2 Å². The number of carbonyl (C=O) groups is 1. The third kappa shape index (κ3) is 3.39. The van der Waals surface area contributed by atoms with Crippen LogP contribution in [0.4, 0.5) is 5.69 Å². The number of benzene rings is 2. The van der Waals surface area contributed by atoms with Crippen molar-refractivity contribution in [2.24, 2.45) is 0 Å². The van der Waals surface area contributed by atoms with Gasteiger partial charge >= 0.3 is 0 Å². The SMILES string of the molecule is O=C(Nc1ccc2oc(-c3ccc(I)cc3)nc2c1)c1cccnc1. The largest absolute Gasteiger partial charge is 0.436 e. The van der Waals surface area contributed by atoms with Crippen molar-refractivity contribution in [2.75, 3.05) is 5.32 Å². The lowest BCUT2D eigenvalue weighted by Gasteiger charge is -2.04. The number of rotatable bonds is 3. The molecule has 2 aromatic carbocycles. The highest BCUT2D eigenvalue weighted by Gasteiger charge is 2.11. The van der Waals surface area contributed by atoms with Gasteiger partial charge in [0.05, 0.1) is 5.56 Å². The summed E-state index contributed by atoms with van der Waals surface area (Å²) in [6.45, 7) is 0. The summed E-state index contributed by atoms with van der Waals surface area (Å²) in [5.74, 6) is 0.343. The Labute approximate surface area is 157 Å². The second-order valence-electron chi connectivity index (χ2n) is 5.40. The van der Waals surface area contributed by atoms with Crippen LogP contribution in [0, 0.1) is 3.57 Å². The number of anilines is 1. The van der Waals surface area contributed by atoms with Gasteiger partial charge in [0, 0.05) is 27.2 Å². The zero-order chi connectivity index (χ0) is 17.2. The Kier molecular flexibility index (Phi) is 4.19. The Balaban J connectivity index is 1.62. The molecular formula is C19H12IN3O2. The summed E-state index contributed by atoms with van der Waals surface area (Å²) in [4.78, 5) is 20.7. The Bertz CT molecular complexity index is 1040. The third-order valence-electron chi connectivity index (χ3n) is 3.66. The zero-order valence-electron chi connectivity index (χ0n) is 12.9. The number of carbonyl (C=O) groups excluding carboxylic acids is 1. The van der Waals surface area contributed by atoms with E-state index in [0.717, 1.165) is 9.13 Å². The van der Waals surface area contributed by atoms with E-state index in [1.807, 2.05) is 24.3 Å². The van der Waals surface area contributed by atoms with Crippen molar-refractivity contribution in [3.63, 3.8) is 0 Å². The molecule has 0 fully saturated rings. The average Bonchev–Trinajstić information content (AvgIpc) is 3.06. The summed E-state index contributed by atoms with van der Waals surface area (Å²) in [7, 11) is 0. The van der Waals surface area contributed by atoms with Gasteiger partial charge in [-0.2, -0.15) is 0 Å². The van der Waals surface area contributed by atoms with E-state index in [2.05, 4.69) is 37.9 Å². The predicted octanol–water partition coefficient (Wildman–Crippen LogP) is 4.75. The van der Waals surface area contributed by atoms with Gasteiger partial charge in [0.25, 0.3) is 5.91 Å². The summed E-state index contributed by atoms with van der Waals surface area (Å²) in [6, 6.07) is 16.8. The van der Waals surface area contributed by atoms with Gasteiger partial charge in [0.2, 0.25) is 5.89 Å². The molecule has 1 amide bonds. The van der Waals surface area contributed by atoms with Gasteiger partial charge in [-0.25, -0.2) is 4.98 Å². The highest BCUT2D eigenvalue weighted by molar-refractivity contribution is 14.1. The Morgan fingerprint density at radius 2 is 1.92 bits per heavy atom. The van der Waals surface area contributed by atoms with Crippen LogP contribution in [0.2, 0.25) is 0 Å². The molecule has 25 heavy (non-hydrogen) atoms. The number of nitrogens with one attached hydrogen (secondary N) is 1. The fraction of sp³-hybridized carbons (Fsp3) is 0. The minimum atomic E-state index is -0.214. The third-order valence-corrected chi connectivity index (χ3v) is 4.38.